The second kappa shape index (κ2) is 6.78. The summed E-state index contributed by atoms with van der Waals surface area (Å²) in [5.74, 6) is 0.0187. The smallest absolute Gasteiger partial charge is 0.279 e. The van der Waals surface area contributed by atoms with Gasteiger partial charge in [0.05, 0.1) is 6.61 Å². The van der Waals surface area contributed by atoms with Crippen LogP contribution in [0.3, 0.4) is 0 Å². The fourth-order valence-electron chi connectivity index (χ4n) is 2.27. The number of rotatable bonds is 6. The molecule has 7 heteroatoms. The van der Waals surface area contributed by atoms with Crippen LogP contribution >= 0.6 is 0 Å². The summed E-state index contributed by atoms with van der Waals surface area (Å²) in [7, 11) is 0. The number of aromatic nitrogens is 2. The van der Waals surface area contributed by atoms with E-state index in [9.17, 15) is 13.6 Å². The van der Waals surface area contributed by atoms with Gasteiger partial charge in [-0.2, -0.15) is 5.10 Å². The zero-order valence-electron chi connectivity index (χ0n) is 11.4. The molecule has 0 bridgehead atoms. The molecule has 1 amide bonds. The third-order valence-electron chi connectivity index (χ3n) is 3.33. The Hall–Kier alpha value is -1.50. The van der Waals surface area contributed by atoms with E-state index >= 15 is 0 Å². The number of amides is 1. The van der Waals surface area contributed by atoms with Crippen LogP contribution in [0, 0.1) is 5.92 Å². The first-order valence-electron chi connectivity index (χ1n) is 6.82. The highest BCUT2D eigenvalue weighted by Crippen LogP contribution is 2.21. The molecule has 1 saturated heterocycles. The van der Waals surface area contributed by atoms with Crippen LogP contribution in [0.4, 0.5) is 8.78 Å². The van der Waals surface area contributed by atoms with Crippen LogP contribution in [0.1, 0.15) is 42.4 Å². The highest BCUT2D eigenvalue weighted by molar-refractivity contribution is 5.92. The third kappa shape index (κ3) is 3.53. The first-order valence-corrected chi connectivity index (χ1v) is 6.82. The number of alkyl halides is 2. The molecule has 0 aromatic carbocycles. The summed E-state index contributed by atoms with van der Waals surface area (Å²) >= 11 is 0. The zero-order chi connectivity index (χ0) is 14.5. The molecular formula is C13H19F2N3O2. The van der Waals surface area contributed by atoms with Crippen LogP contribution < -0.4 is 0 Å². The average molecular weight is 287 g/mol. The Morgan fingerprint density at radius 2 is 2.45 bits per heavy atom. The van der Waals surface area contributed by atoms with Crippen molar-refractivity contribution in [1.29, 1.82) is 0 Å². The molecule has 5 nitrogen and oxygen atoms in total. The van der Waals surface area contributed by atoms with Gasteiger partial charge in [0.1, 0.15) is 5.69 Å². The van der Waals surface area contributed by atoms with E-state index in [0.29, 0.717) is 25.6 Å². The van der Waals surface area contributed by atoms with E-state index < -0.39 is 6.43 Å². The molecule has 2 rings (SSSR count). The fourth-order valence-corrected chi connectivity index (χ4v) is 2.27. The predicted octanol–water partition coefficient (Wildman–Crippen LogP) is 2.24. The van der Waals surface area contributed by atoms with Crippen molar-refractivity contribution in [2.24, 2.45) is 5.92 Å². The van der Waals surface area contributed by atoms with Gasteiger partial charge in [-0.05, 0) is 18.9 Å². The van der Waals surface area contributed by atoms with Crippen molar-refractivity contribution in [2.75, 3.05) is 26.3 Å². The predicted molar refractivity (Wildman–Crippen MR) is 68.7 cm³/mol. The summed E-state index contributed by atoms with van der Waals surface area (Å²) in [6.07, 6.45) is -0.793. The summed E-state index contributed by atoms with van der Waals surface area (Å²) < 4.78 is 30.4. The van der Waals surface area contributed by atoms with Crippen LogP contribution in [0.2, 0.25) is 0 Å². The largest absolute Gasteiger partial charge is 0.381 e. The maximum Gasteiger partial charge on any atom is 0.279 e. The van der Waals surface area contributed by atoms with E-state index in [1.807, 2.05) is 6.92 Å². The molecule has 1 aliphatic rings. The molecule has 1 atom stereocenters. The minimum absolute atomic E-state index is 0.0513. The number of hydrogen-bond donors (Lipinski definition) is 1. The quantitative estimate of drug-likeness (QED) is 0.816. The molecule has 112 valence electrons. The van der Waals surface area contributed by atoms with E-state index in [0.717, 1.165) is 25.5 Å². The number of hydrogen-bond acceptors (Lipinski definition) is 3. The topological polar surface area (TPSA) is 58.2 Å². The van der Waals surface area contributed by atoms with Crippen molar-refractivity contribution in [3.05, 3.63) is 17.5 Å². The van der Waals surface area contributed by atoms with E-state index in [1.165, 1.54) is 0 Å². The van der Waals surface area contributed by atoms with Crippen molar-refractivity contribution in [3.63, 3.8) is 0 Å². The van der Waals surface area contributed by atoms with Gasteiger partial charge < -0.3 is 9.64 Å². The standard InChI is InChI=1S/C13H19F2N3O2/c1-2-5-20-8-9-3-4-18(7-9)13(19)11-6-10(12(14)15)16-17-11/h6,9,12H,2-5,7-8H2,1H3,(H,16,17)/t9-/m1/s1. The van der Waals surface area contributed by atoms with Crippen molar-refractivity contribution >= 4 is 5.91 Å². The summed E-state index contributed by atoms with van der Waals surface area (Å²) in [6.45, 7) is 4.62. The zero-order valence-corrected chi connectivity index (χ0v) is 11.4. The number of likely N-dealkylation sites (tertiary alicyclic amines) is 1. The van der Waals surface area contributed by atoms with Crippen LogP contribution in [-0.2, 0) is 4.74 Å². The second-order valence-electron chi connectivity index (χ2n) is 4.99. The second-order valence-corrected chi connectivity index (χ2v) is 4.99. The molecule has 2 heterocycles. The van der Waals surface area contributed by atoms with E-state index in [2.05, 4.69) is 10.2 Å². The molecule has 1 aliphatic heterocycles. The molecule has 1 fully saturated rings. The van der Waals surface area contributed by atoms with Gasteiger partial charge in [-0.3, -0.25) is 9.89 Å². The summed E-state index contributed by atoms with van der Waals surface area (Å²) in [5.41, 5.74) is -0.272. The average Bonchev–Trinajstić information content (AvgIpc) is 3.07. The SMILES string of the molecule is CCCOC[C@@H]1CCN(C(=O)c2cc(C(F)F)[nH]n2)C1. The van der Waals surface area contributed by atoms with Crippen molar-refractivity contribution in [2.45, 2.75) is 26.2 Å². The van der Waals surface area contributed by atoms with Gasteiger partial charge in [-0.25, -0.2) is 8.78 Å². The highest BCUT2D eigenvalue weighted by atomic mass is 19.3. The molecule has 1 N–H and O–H groups in total. The van der Waals surface area contributed by atoms with Gasteiger partial charge in [-0.1, -0.05) is 6.92 Å². The summed E-state index contributed by atoms with van der Waals surface area (Å²) in [5, 5.41) is 5.85. The molecule has 0 spiro atoms. The first-order chi connectivity index (χ1) is 9.61. The molecular weight excluding hydrogens is 268 g/mol. The molecule has 0 aliphatic carbocycles. The maximum absolute atomic E-state index is 12.4. The molecule has 0 unspecified atom stereocenters. The minimum atomic E-state index is -2.64. The maximum atomic E-state index is 12.4. The van der Waals surface area contributed by atoms with Gasteiger partial charge in [0.2, 0.25) is 0 Å². The number of H-pyrrole nitrogens is 1. The van der Waals surface area contributed by atoms with Crippen molar-refractivity contribution in [3.8, 4) is 0 Å². The van der Waals surface area contributed by atoms with Crippen molar-refractivity contribution < 1.29 is 18.3 Å². The Balaban J connectivity index is 1.87. The molecule has 0 saturated carbocycles. The van der Waals surface area contributed by atoms with Crippen molar-refractivity contribution in [1.82, 2.24) is 15.1 Å². The minimum Gasteiger partial charge on any atom is -0.381 e. The van der Waals surface area contributed by atoms with E-state index in [1.54, 1.807) is 4.90 Å². The first kappa shape index (κ1) is 14.9. The van der Waals surface area contributed by atoms with Gasteiger partial charge in [0, 0.05) is 25.6 Å². The van der Waals surface area contributed by atoms with Gasteiger partial charge >= 0.3 is 0 Å². The Bertz CT molecular complexity index is 451. The van der Waals surface area contributed by atoms with Gasteiger partial charge in [-0.15, -0.1) is 0 Å². The summed E-state index contributed by atoms with van der Waals surface area (Å²) in [4.78, 5) is 13.8. The van der Waals surface area contributed by atoms with Crippen LogP contribution in [0.25, 0.3) is 0 Å². The Kier molecular flexibility index (Phi) is 5.05. The molecule has 1 aromatic rings. The van der Waals surface area contributed by atoms with Crippen LogP contribution in [-0.4, -0.2) is 47.3 Å². The third-order valence-corrected chi connectivity index (χ3v) is 3.33. The fraction of sp³-hybridized carbons (Fsp3) is 0.692. The van der Waals surface area contributed by atoms with Crippen LogP contribution in [0.15, 0.2) is 6.07 Å². The summed E-state index contributed by atoms with van der Waals surface area (Å²) in [6, 6.07) is 1.12. The molecule has 0 radical (unpaired) electrons. The number of carbonyl (C=O) groups is 1. The van der Waals surface area contributed by atoms with Gasteiger partial charge in [0.25, 0.3) is 12.3 Å². The monoisotopic (exact) mass is 287 g/mol. The van der Waals surface area contributed by atoms with Gasteiger partial charge in [0.15, 0.2) is 5.69 Å². The lowest BCUT2D eigenvalue weighted by molar-refractivity contribution is 0.0749. The lowest BCUT2D eigenvalue weighted by atomic mass is 10.1. The molecule has 20 heavy (non-hydrogen) atoms. The number of halogens is 2. The Morgan fingerprint density at radius 1 is 1.65 bits per heavy atom. The van der Waals surface area contributed by atoms with Crippen LogP contribution in [0.5, 0.6) is 0 Å². The number of carbonyl (C=O) groups excluding carboxylic acids is 1. The lowest BCUT2D eigenvalue weighted by Gasteiger charge is -2.15. The van der Waals surface area contributed by atoms with E-state index in [4.69, 9.17) is 4.74 Å². The van der Waals surface area contributed by atoms with E-state index in [-0.39, 0.29) is 17.3 Å². The number of nitrogens with one attached hydrogen (secondary N) is 1. The number of ether oxygens (including phenoxy) is 1. The number of aromatic amines is 1. The Morgan fingerprint density at radius 3 is 3.10 bits per heavy atom. The Labute approximate surface area is 116 Å². The molecule has 1 aromatic heterocycles. The lowest BCUT2D eigenvalue weighted by Crippen LogP contribution is -2.29. The normalized spacial score (nSPS) is 19.0. The highest BCUT2D eigenvalue weighted by Gasteiger charge is 2.28. The number of nitrogens with zero attached hydrogens (tertiary/aromatic N) is 2.